The normalized spacial score (nSPS) is 12.6. The van der Waals surface area contributed by atoms with Crippen LogP contribution in [-0.2, 0) is 6.54 Å². The van der Waals surface area contributed by atoms with Crippen molar-refractivity contribution in [2.45, 2.75) is 46.2 Å². The molecule has 114 valence electrons. The Balaban J connectivity index is 2.39. The lowest BCUT2D eigenvalue weighted by atomic mass is 10.0. The second kappa shape index (κ2) is 7.62. The molecule has 2 aromatic rings. The van der Waals surface area contributed by atoms with E-state index in [1.54, 1.807) is 0 Å². The molecule has 1 aromatic carbocycles. The van der Waals surface area contributed by atoms with Gasteiger partial charge in [-0.2, -0.15) is 5.10 Å². The highest BCUT2D eigenvalue weighted by molar-refractivity contribution is 6.30. The summed E-state index contributed by atoms with van der Waals surface area (Å²) in [5, 5.41) is 8.86. The SMILES string of the molecule is CCCNC(c1cc(C)cc(Cl)c1)c1ccnn1CCC. The van der Waals surface area contributed by atoms with Gasteiger partial charge in [0.15, 0.2) is 0 Å². The zero-order chi connectivity index (χ0) is 15.2. The molecule has 0 saturated heterocycles. The van der Waals surface area contributed by atoms with Crippen molar-refractivity contribution in [1.82, 2.24) is 15.1 Å². The monoisotopic (exact) mass is 305 g/mol. The Morgan fingerprint density at radius 1 is 1.24 bits per heavy atom. The molecule has 0 fully saturated rings. The number of rotatable bonds is 7. The third-order valence-corrected chi connectivity index (χ3v) is 3.70. The van der Waals surface area contributed by atoms with Crippen molar-refractivity contribution in [3.8, 4) is 0 Å². The maximum absolute atomic E-state index is 6.24. The van der Waals surface area contributed by atoms with Crippen molar-refractivity contribution in [3.63, 3.8) is 0 Å². The lowest BCUT2D eigenvalue weighted by molar-refractivity contribution is 0.511. The second-order valence-corrected chi connectivity index (χ2v) is 5.86. The zero-order valence-electron chi connectivity index (χ0n) is 13.1. The van der Waals surface area contributed by atoms with Crippen LogP contribution in [0.3, 0.4) is 0 Å². The minimum absolute atomic E-state index is 0.136. The van der Waals surface area contributed by atoms with Crippen molar-refractivity contribution in [2.75, 3.05) is 6.54 Å². The summed E-state index contributed by atoms with van der Waals surface area (Å²) in [5.74, 6) is 0. The first-order valence-corrected chi connectivity index (χ1v) is 8.05. The van der Waals surface area contributed by atoms with E-state index < -0.39 is 0 Å². The first-order valence-electron chi connectivity index (χ1n) is 7.67. The Hall–Kier alpha value is -1.32. The highest BCUT2D eigenvalue weighted by atomic mass is 35.5. The van der Waals surface area contributed by atoms with Gasteiger partial charge in [-0.25, -0.2) is 0 Å². The molecule has 2 rings (SSSR count). The van der Waals surface area contributed by atoms with Gasteiger partial charge in [0.25, 0.3) is 0 Å². The fourth-order valence-electron chi connectivity index (χ4n) is 2.60. The predicted octanol–water partition coefficient (Wildman–Crippen LogP) is 4.34. The molecule has 1 aromatic heterocycles. The van der Waals surface area contributed by atoms with Crippen LogP contribution < -0.4 is 5.32 Å². The van der Waals surface area contributed by atoms with E-state index >= 15 is 0 Å². The Morgan fingerprint density at radius 3 is 2.71 bits per heavy atom. The Morgan fingerprint density at radius 2 is 2.05 bits per heavy atom. The number of benzene rings is 1. The van der Waals surface area contributed by atoms with Crippen LogP contribution in [-0.4, -0.2) is 16.3 Å². The Kier molecular flexibility index (Phi) is 5.83. The van der Waals surface area contributed by atoms with E-state index in [9.17, 15) is 0 Å². The second-order valence-electron chi connectivity index (χ2n) is 5.43. The van der Waals surface area contributed by atoms with Crippen LogP contribution >= 0.6 is 11.6 Å². The number of hydrogen-bond acceptors (Lipinski definition) is 2. The molecule has 21 heavy (non-hydrogen) atoms. The molecular weight excluding hydrogens is 282 g/mol. The number of nitrogens with zero attached hydrogens (tertiary/aromatic N) is 2. The van der Waals surface area contributed by atoms with Crippen LogP contribution in [0.25, 0.3) is 0 Å². The minimum atomic E-state index is 0.136. The van der Waals surface area contributed by atoms with Crippen LogP contribution in [0.5, 0.6) is 0 Å². The zero-order valence-corrected chi connectivity index (χ0v) is 13.8. The topological polar surface area (TPSA) is 29.9 Å². The van der Waals surface area contributed by atoms with Crippen molar-refractivity contribution >= 4 is 11.6 Å². The summed E-state index contributed by atoms with van der Waals surface area (Å²) in [6.07, 6.45) is 4.05. The van der Waals surface area contributed by atoms with Crippen LogP contribution in [0.1, 0.15) is 49.6 Å². The summed E-state index contributed by atoms with van der Waals surface area (Å²) >= 11 is 6.24. The maximum Gasteiger partial charge on any atom is 0.0748 e. The average Bonchev–Trinajstić information content (AvgIpc) is 2.87. The van der Waals surface area contributed by atoms with Gasteiger partial charge in [0.05, 0.1) is 11.7 Å². The molecule has 0 aliphatic rings. The lowest BCUT2D eigenvalue weighted by Gasteiger charge is -2.21. The van der Waals surface area contributed by atoms with E-state index in [2.05, 4.69) is 48.0 Å². The maximum atomic E-state index is 6.24. The summed E-state index contributed by atoms with van der Waals surface area (Å²) in [7, 11) is 0. The smallest absolute Gasteiger partial charge is 0.0748 e. The number of aromatic nitrogens is 2. The van der Waals surface area contributed by atoms with E-state index in [1.165, 1.54) is 16.8 Å². The van der Waals surface area contributed by atoms with Gasteiger partial charge in [0, 0.05) is 17.8 Å². The molecule has 0 aliphatic heterocycles. The van der Waals surface area contributed by atoms with E-state index in [0.29, 0.717) is 0 Å². The fourth-order valence-corrected chi connectivity index (χ4v) is 2.90. The molecule has 1 atom stereocenters. The summed E-state index contributed by atoms with van der Waals surface area (Å²) in [4.78, 5) is 0. The molecule has 0 radical (unpaired) electrons. The molecule has 0 bridgehead atoms. The molecule has 1 unspecified atom stereocenters. The van der Waals surface area contributed by atoms with E-state index in [1.807, 2.05) is 18.3 Å². The number of halogens is 1. The van der Waals surface area contributed by atoms with E-state index in [4.69, 9.17) is 11.6 Å². The number of aryl methyl sites for hydroxylation is 2. The average molecular weight is 306 g/mol. The van der Waals surface area contributed by atoms with Crippen molar-refractivity contribution in [1.29, 1.82) is 0 Å². The van der Waals surface area contributed by atoms with Gasteiger partial charge in [-0.1, -0.05) is 31.5 Å². The molecule has 4 heteroatoms. The van der Waals surface area contributed by atoms with E-state index in [0.717, 1.165) is 31.0 Å². The molecular formula is C17H24ClN3. The summed E-state index contributed by atoms with van der Waals surface area (Å²) in [6.45, 7) is 8.33. The first-order chi connectivity index (χ1) is 10.2. The van der Waals surface area contributed by atoms with Crippen molar-refractivity contribution in [2.24, 2.45) is 0 Å². The molecule has 0 aliphatic carbocycles. The quantitative estimate of drug-likeness (QED) is 0.824. The lowest BCUT2D eigenvalue weighted by Crippen LogP contribution is -2.26. The summed E-state index contributed by atoms with van der Waals surface area (Å²) in [6, 6.07) is 8.47. The Bertz CT molecular complexity index is 557. The summed E-state index contributed by atoms with van der Waals surface area (Å²) < 4.78 is 2.09. The summed E-state index contributed by atoms with van der Waals surface area (Å²) in [5.41, 5.74) is 3.58. The molecule has 3 nitrogen and oxygen atoms in total. The predicted molar refractivity (Wildman–Crippen MR) is 88.8 cm³/mol. The van der Waals surface area contributed by atoms with Gasteiger partial charge in [-0.3, -0.25) is 4.68 Å². The van der Waals surface area contributed by atoms with Gasteiger partial charge in [-0.15, -0.1) is 0 Å². The largest absolute Gasteiger partial charge is 0.305 e. The van der Waals surface area contributed by atoms with Crippen LogP contribution in [0.15, 0.2) is 30.5 Å². The van der Waals surface area contributed by atoms with Crippen LogP contribution in [0.2, 0.25) is 5.02 Å². The fraction of sp³-hybridized carbons (Fsp3) is 0.471. The molecule has 0 spiro atoms. The Labute approximate surface area is 132 Å². The van der Waals surface area contributed by atoms with Crippen LogP contribution in [0.4, 0.5) is 0 Å². The minimum Gasteiger partial charge on any atom is -0.305 e. The number of nitrogens with one attached hydrogen (secondary N) is 1. The third kappa shape index (κ3) is 4.08. The van der Waals surface area contributed by atoms with Gasteiger partial charge in [0.1, 0.15) is 0 Å². The molecule has 0 amide bonds. The highest BCUT2D eigenvalue weighted by Crippen LogP contribution is 2.26. The number of hydrogen-bond donors (Lipinski definition) is 1. The van der Waals surface area contributed by atoms with Crippen LogP contribution in [0, 0.1) is 6.92 Å². The van der Waals surface area contributed by atoms with Gasteiger partial charge >= 0.3 is 0 Å². The van der Waals surface area contributed by atoms with Gasteiger partial charge < -0.3 is 5.32 Å². The highest BCUT2D eigenvalue weighted by Gasteiger charge is 2.18. The first kappa shape index (κ1) is 16.1. The molecule has 1 N–H and O–H groups in total. The van der Waals surface area contributed by atoms with Gasteiger partial charge in [0.2, 0.25) is 0 Å². The van der Waals surface area contributed by atoms with E-state index in [-0.39, 0.29) is 6.04 Å². The van der Waals surface area contributed by atoms with Crippen molar-refractivity contribution < 1.29 is 0 Å². The standard InChI is InChI=1S/C17H24ClN3/c1-4-7-19-17(14-10-13(3)11-15(18)12-14)16-6-8-20-21(16)9-5-2/h6,8,10-12,17,19H,4-5,7,9H2,1-3H3. The third-order valence-electron chi connectivity index (χ3n) is 3.48. The van der Waals surface area contributed by atoms with Gasteiger partial charge in [-0.05, 0) is 55.6 Å². The molecule has 0 saturated carbocycles. The van der Waals surface area contributed by atoms with Crippen molar-refractivity contribution in [3.05, 3.63) is 52.3 Å². The molecule has 1 heterocycles.